The van der Waals surface area contributed by atoms with E-state index in [1.807, 2.05) is 40.8 Å². The van der Waals surface area contributed by atoms with Crippen molar-refractivity contribution in [3.8, 4) is 0 Å². The fourth-order valence-corrected chi connectivity index (χ4v) is 0.602. The summed E-state index contributed by atoms with van der Waals surface area (Å²) < 4.78 is 0. The lowest BCUT2D eigenvalue weighted by atomic mass is 10.3. The summed E-state index contributed by atoms with van der Waals surface area (Å²) in [5.41, 5.74) is 2.04. The molecule has 2 heteroatoms. The van der Waals surface area contributed by atoms with E-state index in [1.54, 1.807) is 6.20 Å². The van der Waals surface area contributed by atoms with E-state index < -0.39 is 0 Å². The third-order valence-electron chi connectivity index (χ3n) is 1.20. The highest BCUT2D eigenvalue weighted by molar-refractivity contribution is 4.99. The Morgan fingerprint density at radius 3 is 1.85 bits per heavy atom. The van der Waals surface area contributed by atoms with Gasteiger partial charge in [-0.25, -0.2) is 0 Å². The van der Waals surface area contributed by atoms with Crippen LogP contribution in [0, 0.1) is 6.92 Å². The van der Waals surface area contributed by atoms with Crippen molar-refractivity contribution in [1.29, 1.82) is 0 Å². The number of aromatic nitrogens is 2. The molecular weight excluding hydrogens is 160 g/mol. The predicted molar refractivity (Wildman–Crippen MR) is 58.8 cm³/mol. The lowest BCUT2D eigenvalue weighted by molar-refractivity contribution is 0.977. The maximum atomic E-state index is 4.13. The summed E-state index contributed by atoms with van der Waals surface area (Å²) in [6.45, 7) is 12.0. The highest BCUT2D eigenvalue weighted by atomic mass is 14.8. The summed E-state index contributed by atoms with van der Waals surface area (Å²) in [4.78, 5) is 8.22. The Kier molecular flexibility index (Phi) is 12.4. The molecule has 0 aromatic carbocycles. The zero-order valence-electron chi connectivity index (χ0n) is 9.76. The molecule has 0 atom stereocenters. The molecule has 0 unspecified atom stereocenters. The lowest BCUT2D eigenvalue weighted by Gasteiger charge is -1.92. The Hall–Kier alpha value is -0.920. The average molecular weight is 182 g/mol. The largest absolute Gasteiger partial charge is 0.258 e. The monoisotopic (exact) mass is 182 g/mol. The maximum Gasteiger partial charge on any atom is 0.0584 e. The predicted octanol–water partition coefficient (Wildman–Crippen LogP) is 3.40. The van der Waals surface area contributed by atoms with Crippen LogP contribution in [-0.4, -0.2) is 9.97 Å². The minimum absolute atomic E-state index is 0.966. The molecule has 1 aromatic rings. The van der Waals surface area contributed by atoms with Crippen LogP contribution in [0.2, 0.25) is 0 Å². The van der Waals surface area contributed by atoms with E-state index in [0.717, 1.165) is 17.8 Å². The molecule has 0 amide bonds. The van der Waals surface area contributed by atoms with Crippen LogP contribution < -0.4 is 0 Å². The first-order chi connectivity index (χ1) is 6.33. The summed E-state index contributed by atoms with van der Waals surface area (Å²) in [7, 11) is 0. The van der Waals surface area contributed by atoms with Crippen LogP contribution in [0.4, 0.5) is 0 Å². The molecule has 0 aliphatic heterocycles. The van der Waals surface area contributed by atoms with E-state index in [-0.39, 0.29) is 0 Å². The van der Waals surface area contributed by atoms with E-state index in [0.29, 0.717) is 0 Å². The summed E-state index contributed by atoms with van der Waals surface area (Å²) in [6, 6.07) is 0. The smallest absolute Gasteiger partial charge is 0.0584 e. The number of aryl methyl sites for hydroxylation is 2. The molecule has 1 heterocycles. The fraction of sp³-hybridized carbons (Fsp3) is 0.636. The zero-order valence-corrected chi connectivity index (χ0v) is 9.76. The molecule has 2 nitrogen and oxygen atoms in total. The summed E-state index contributed by atoms with van der Waals surface area (Å²) in [5.74, 6) is 0. The van der Waals surface area contributed by atoms with Crippen molar-refractivity contribution >= 4 is 0 Å². The van der Waals surface area contributed by atoms with E-state index in [9.17, 15) is 0 Å². The number of rotatable bonds is 1. The van der Waals surface area contributed by atoms with Gasteiger partial charge in [-0.2, -0.15) is 0 Å². The Balaban J connectivity index is 0. The first-order valence-corrected chi connectivity index (χ1v) is 5.10. The molecular formula is C11H22N2. The van der Waals surface area contributed by atoms with Gasteiger partial charge >= 0.3 is 0 Å². The van der Waals surface area contributed by atoms with Gasteiger partial charge in [0.1, 0.15) is 0 Å². The molecule has 76 valence electrons. The minimum atomic E-state index is 0.966. The summed E-state index contributed by atoms with van der Waals surface area (Å²) in [6.07, 6.45) is 4.57. The average Bonchev–Trinajstić information content (AvgIpc) is 2.25. The molecule has 0 fully saturated rings. The van der Waals surface area contributed by atoms with Crippen LogP contribution in [-0.2, 0) is 6.42 Å². The normalized spacial score (nSPS) is 7.54. The molecule has 0 N–H and O–H groups in total. The SMILES string of the molecule is CC.CC.CCc1cnc(C)cn1. The van der Waals surface area contributed by atoms with Crippen LogP contribution in [0.15, 0.2) is 12.4 Å². The number of nitrogens with zero attached hydrogens (tertiary/aromatic N) is 2. The Morgan fingerprint density at radius 1 is 1.00 bits per heavy atom. The van der Waals surface area contributed by atoms with Crippen molar-refractivity contribution in [2.24, 2.45) is 0 Å². The molecule has 0 radical (unpaired) electrons. The van der Waals surface area contributed by atoms with Gasteiger partial charge in [0.15, 0.2) is 0 Å². The second-order valence-electron chi connectivity index (χ2n) is 2.00. The highest BCUT2D eigenvalue weighted by Gasteiger charge is 1.87. The molecule has 0 saturated heterocycles. The van der Waals surface area contributed by atoms with Crippen molar-refractivity contribution < 1.29 is 0 Å². The molecule has 0 spiro atoms. The summed E-state index contributed by atoms with van der Waals surface area (Å²) >= 11 is 0. The van der Waals surface area contributed by atoms with Crippen molar-refractivity contribution in [2.45, 2.75) is 48.0 Å². The van der Waals surface area contributed by atoms with Gasteiger partial charge in [0.25, 0.3) is 0 Å². The number of hydrogen-bond donors (Lipinski definition) is 0. The second kappa shape index (κ2) is 11.1. The summed E-state index contributed by atoms with van der Waals surface area (Å²) in [5, 5.41) is 0. The van der Waals surface area contributed by atoms with Crippen LogP contribution in [0.5, 0.6) is 0 Å². The first-order valence-electron chi connectivity index (χ1n) is 5.10. The van der Waals surface area contributed by atoms with E-state index in [4.69, 9.17) is 0 Å². The van der Waals surface area contributed by atoms with Gasteiger partial charge < -0.3 is 0 Å². The quantitative estimate of drug-likeness (QED) is 0.665. The van der Waals surface area contributed by atoms with Crippen LogP contribution >= 0.6 is 0 Å². The molecule has 1 rings (SSSR count). The first kappa shape index (κ1) is 14.6. The van der Waals surface area contributed by atoms with Crippen LogP contribution in [0.1, 0.15) is 46.0 Å². The molecule has 0 aliphatic rings. The highest BCUT2D eigenvalue weighted by Crippen LogP contribution is 1.92. The molecule has 0 bridgehead atoms. The van der Waals surface area contributed by atoms with Crippen LogP contribution in [0.25, 0.3) is 0 Å². The lowest BCUT2D eigenvalue weighted by Crippen LogP contribution is -1.89. The van der Waals surface area contributed by atoms with Crippen LogP contribution in [0.3, 0.4) is 0 Å². The fourth-order valence-electron chi connectivity index (χ4n) is 0.602. The van der Waals surface area contributed by atoms with E-state index in [2.05, 4.69) is 16.9 Å². The topological polar surface area (TPSA) is 25.8 Å². The minimum Gasteiger partial charge on any atom is -0.258 e. The third-order valence-corrected chi connectivity index (χ3v) is 1.20. The molecule has 0 saturated carbocycles. The Morgan fingerprint density at radius 2 is 1.54 bits per heavy atom. The molecule has 1 aromatic heterocycles. The maximum absolute atomic E-state index is 4.13. The Bertz CT molecular complexity index is 180. The van der Waals surface area contributed by atoms with Gasteiger partial charge in [-0.15, -0.1) is 0 Å². The van der Waals surface area contributed by atoms with Crippen molar-refractivity contribution in [3.63, 3.8) is 0 Å². The third kappa shape index (κ3) is 7.44. The molecule has 13 heavy (non-hydrogen) atoms. The van der Waals surface area contributed by atoms with Gasteiger partial charge in [0.2, 0.25) is 0 Å². The Labute approximate surface area is 82.4 Å². The van der Waals surface area contributed by atoms with Gasteiger partial charge in [0.05, 0.1) is 11.4 Å². The van der Waals surface area contributed by atoms with Crippen molar-refractivity contribution in [2.75, 3.05) is 0 Å². The van der Waals surface area contributed by atoms with E-state index >= 15 is 0 Å². The van der Waals surface area contributed by atoms with Gasteiger partial charge in [-0.3, -0.25) is 9.97 Å². The van der Waals surface area contributed by atoms with Crippen molar-refractivity contribution in [1.82, 2.24) is 9.97 Å². The van der Waals surface area contributed by atoms with Gasteiger partial charge in [0, 0.05) is 12.4 Å². The second-order valence-corrected chi connectivity index (χ2v) is 2.00. The standard InChI is InChI=1S/C7H10N2.2C2H6/c1-3-7-5-8-6(2)4-9-7;2*1-2/h4-5H,3H2,1-2H3;2*1-2H3. The van der Waals surface area contributed by atoms with Gasteiger partial charge in [-0.05, 0) is 13.3 Å². The zero-order chi connectivity index (χ0) is 10.7. The van der Waals surface area contributed by atoms with E-state index in [1.165, 1.54) is 0 Å². The van der Waals surface area contributed by atoms with Crippen molar-refractivity contribution in [3.05, 3.63) is 23.8 Å². The number of hydrogen-bond acceptors (Lipinski definition) is 2. The molecule has 0 aliphatic carbocycles. The van der Waals surface area contributed by atoms with Gasteiger partial charge in [-0.1, -0.05) is 34.6 Å².